The van der Waals surface area contributed by atoms with Gasteiger partial charge in [0.15, 0.2) is 5.82 Å². The first-order chi connectivity index (χ1) is 16.9. The van der Waals surface area contributed by atoms with Crippen molar-refractivity contribution in [1.29, 1.82) is 5.26 Å². The summed E-state index contributed by atoms with van der Waals surface area (Å²) in [5, 5.41) is 18.5. The van der Waals surface area contributed by atoms with Crippen molar-refractivity contribution in [2.24, 2.45) is 0 Å². The standard InChI is InChI=1S/C24H21F2N7OS/c1-14-20(12-30-33(14)19-3-5-31(6-4-19)15(2)34)16-7-22(23-17(9-27)10-29-32(23)13-16)35-24-21(26)8-18(25)11-28-24/h7-8,10-13,19H,3-6H2,1-2H3. The topological polar surface area (TPSA) is 92.1 Å². The minimum absolute atomic E-state index is 0.000174. The number of amides is 1. The van der Waals surface area contributed by atoms with Gasteiger partial charge in [-0.05, 0) is 25.8 Å². The molecule has 35 heavy (non-hydrogen) atoms. The van der Waals surface area contributed by atoms with Gasteiger partial charge in [-0.3, -0.25) is 9.48 Å². The highest BCUT2D eigenvalue weighted by atomic mass is 32.2. The molecule has 0 radical (unpaired) electrons. The molecule has 0 saturated carbocycles. The van der Waals surface area contributed by atoms with Gasteiger partial charge in [0.2, 0.25) is 5.91 Å². The maximum absolute atomic E-state index is 14.4. The number of aromatic nitrogens is 5. The number of piperidine rings is 1. The molecule has 178 valence electrons. The minimum atomic E-state index is -0.780. The van der Waals surface area contributed by atoms with Crippen LogP contribution in [0.4, 0.5) is 8.78 Å². The Kier molecular flexibility index (Phi) is 5.98. The Labute approximate surface area is 204 Å². The van der Waals surface area contributed by atoms with Crippen molar-refractivity contribution in [3.8, 4) is 17.2 Å². The highest BCUT2D eigenvalue weighted by Gasteiger charge is 2.25. The first-order valence-corrected chi connectivity index (χ1v) is 11.9. The molecule has 0 N–H and O–H groups in total. The first kappa shape index (κ1) is 23.0. The highest BCUT2D eigenvalue weighted by Crippen LogP contribution is 2.37. The van der Waals surface area contributed by atoms with E-state index in [2.05, 4.69) is 21.3 Å². The summed E-state index contributed by atoms with van der Waals surface area (Å²) in [6.45, 7) is 4.97. The van der Waals surface area contributed by atoms with Crippen LogP contribution in [-0.4, -0.2) is 48.3 Å². The molecular weight excluding hydrogens is 472 g/mol. The van der Waals surface area contributed by atoms with Gasteiger partial charge in [-0.25, -0.2) is 18.3 Å². The number of halogens is 2. The second-order valence-electron chi connectivity index (χ2n) is 8.42. The van der Waals surface area contributed by atoms with Crippen LogP contribution in [-0.2, 0) is 4.79 Å². The molecule has 0 unspecified atom stereocenters. The quantitative estimate of drug-likeness (QED) is 0.419. The van der Waals surface area contributed by atoms with Gasteiger partial charge >= 0.3 is 0 Å². The zero-order chi connectivity index (χ0) is 24.7. The Balaban J connectivity index is 1.53. The number of hydrogen-bond acceptors (Lipinski definition) is 6. The predicted molar refractivity (Wildman–Crippen MR) is 125 cm³/mol. The van der Waals surface area contributed by atoms with E-state index in [1.165, 1.54) is 6.20 Å². The van der Waals surface area contributed by atoms with Crippen LogP contribution in [0.15, 0.2) is 46.8 Å². The number of nitrogens with zero attached hydrogens (tertiary/aromatic N) is 7. The Hall–Kier alpha value is -3.78. The van der Waals surface area contributed by atoms with E-state index in [0.717, 1.165) is 53.7 Å². The van der Waals surface area contributed by atoms with E-state index < -0.39 is 11.6 Å². The van der Waals surface area contributed by atoms with Gasteiger partial charge in [0.25, 0.3) is 0 Å². The van der Waals surface area contributed by atoms with Gasteiger partial charge in [0, 0.05) is 54.0 Å². The Morgan fingerprint density at radius 3 is 2.63 bits per heavy atom. The smallest absolute Gasteiger partial charge is 0.219 e. The third kappa shape index (κ3) is 4.25. The second-order valence-corrected chi connectivity index (χ2v) is 9.45. The molecule has 1 amide bonds. The summed E-state index contributed by atoms with van der Waals surface area (Å²) >= 11 is 1.01. The Morgan fingerprint density at radius 1 is 1.17 bits per heavy atom. The Morgan fingerprint density at radius 2 is 1.94 bits per heavy atom. The van der Waals surface area contributed by atoms with Crippen molar-refractivity contribution < 1.29 is 13.6 Å². The average Bonchev–Trinajstić information content (AvgIpc) is 3.44. The summed E-state index contributed by atoms with van der Waals surface area (Å²) in [6.07, 6.45) is 7.65. The molecule has 5 rings (SSSR count). The summed E-state index contributed by atoms with van der Waals surface area (Å²) in [5.74, 6) is -1.45. The molecule has 1 fully saturated rings. The number of carbonyl (C=O) groups excluding carboxylic acids is 1. The number of likely N-dealkylation sites (tertiary alicyclic amines) is 1. The van der Waals surface area contributed by atoms with E-state index in [-0.39, 0.29) is 17.0 Å². The van der Waals surface area contributed by atoms with E-state index in [4.69, 9.17) is 0 Å². The van der Waals surface area contributed by atoms with E-state index in [0.29, 0.717) is 29.1 Å². The normalized spacial score (nSPS) is 14.4. The van der Waals surface area contributed by atoms with Gasteiger partial charge in [-0.1, -0.05) is 11.8 Å². The molecular formula is C24H21F2N7OS. The first-order valence-electron chi connectivity index (χ1n) is 11.1. The zero-order valence-corrected chi connectivity index (χ0v) is 19.9. The van der Waals surface area contributed by atoms with Crippen LogP contribution < -0.4 is 0 Å². The monoisotopic (exact) mass is 493 g/mol. The van der Waals surface area contributed by atoms with Gasteiger partial charge in [0.05, 0.1) is 35.7 Å². The molecule has 0 atom stereocenters. The van der Waals surface area contributed by atoms with Crippen LogP contribution in [0.3, 0.4) is 0 Å². The van der Waals surface area contributed by atoms with Crippen molar-refractivity contribution in [3.05, 3.63) is 59.8 Å². The SMILES string of the molecule is CC(=O)N1CCC(n2ncc(-c3cc(Sc4ncc(F)cc4F)c4c(C#N)cnn4c3)c2C)CC1. The molecule has 1 aliphatic rings. The number of nitriles is 1. The zero-order valence-electron chi connectivity index (χ0n) is 19.1. The number of carbonyl (C=O) groups is 1. The van der Waals surface area contributed by atoms with Crippen molar-refractivity contribution in [1.82, 2.24) is 29.3 Å². The fourth-order valence-corrected chi connectivity index (χ4v) is 5.43. The molecule has 0 aliphatic carbocycles. The van der Waals surface area contributed by atoms with E-state index >= 15 is 0 Å². The van der Waals surface area contributed by atoms with Crippen LogP contribution in [0.25, 0.3) is 16.6 Å². The van der Waals surface area contributed by atoms with Crippen molar-refractivity contribution in [2.75, 3.05) is 13.1 Å². The fraction of sp³-hybridized carbons (Fsp3) is 0.292. The number of fused-ring (bicyclic) bond motifs is 1. The van der Waals surface area contributed by atoms with Gasteiger partial charge < -0.3 is 4.90 Å². The van der Waals surface area contributed by atoms with Crippen molar-refractivity contribution in [2.45, 2.75) is 42.7 Å². The van der Waals surface area contributed by atoms with E-state index in [1.54, 1.807) is 23.8 Å². The third-order valence-electron chi connectivity index (χ3n) is 6.29. The molecule has 11 heteroatoms. The van der Waals surface area contributed by atoms with E-state index in [9.17, 15) is 18.8 Å². The van der Waals surface area contributed by atoms with Gasteiger partial charge in [-0.2, -0.15) is 15.5 Å². The molecule has 4 aromatic heterocycles. The van der Waals surface area contributed by atoms with Crippen LogP contribution in [0.5, 0.6) is 0 Å². The van der Waals surface area contributed by atoms with Crippen molar-refractivity contribution >= 4 is 23.2 Å². The average molecular weight is 494 g/mol. The maximum atomic E-state index is 14.4. The lowest BCUT2D eigenvalue weighted by molar-refractivity contribution is -0.130. The molecule has 0 aromatic carbocycles. The van der Waals surface area contributed by atoms with Crippen LogP contribution in [0, 0.1) is 29.9 Å². The molecule has 1 saturated heterocycles. The third-order valence-corrected chi connectivity index (χ3v) is 7.31. The second kappa shape index (κ2) is 9.11. The molecule has 8 nitrogen and oxygen atoms in total. The minimum Gasteiger partial charge on any atom is -0.343 e. The van der Waals surface area contributed by atoms with Gasteiger partial charge in [-0.15, -0.1) is 0 Å². The van der Waals surface area contributed by atoms with Crippen LogP contribution >= 0.6 is 11.8 Å². The predicted octanol–water partition coefficient (Wildman–Crippen LogP) is 4.39. The molecule has 4 aromatic rings. The summed E-state index contributed by atoms with van der Waals surface area (Å²) in [6, 6.07) is 4.93. The lowest BCUT2D eigenvalue weighted by Gasteiger charge is -2.32. The van der Waals surface area contributed by atoms with Gasteiger partial charge in [0.1, 0.15) is 16.9 Å². The lowest BCUT2D eigenvalue weighted by Crippen LogP contribution is -2.38. The summed E-state index contributed by atoms with van der Waals surface area (Å²) < 4.78 is 31.3. The van der Waals surface area contributed by atoms with Crippen LogP contribution in [0.1, 0.15) is 37.1 Å². The lowest BCUT2D eigenvalue weighted by atomic mass is 10.0. The number of pyridine rings is 2. The Bertz CT molecular complexity index is 1480. The summed E-state index contributed by atoms with van der Waals surface area (Å²) in [7, 11) is 0. The summed E-state index contributed by atoms with van der Waals surface area (Å²) in [4.78, 5) is 17.9. The fourth-order valence-electron chi connectivity index (χ4n) is 4.47. The van der Waals surface area contributed by atoms with Crippen molar-refractivity contribution in [3.63, 3.8) is 0 Å². The highest BCUT2D eigenvalue weighted by molar-refractivity contribution is 7.99. The number of rotatable bonds is 4. The molecule has 5 heterocycles. The molecule has 0 spiro atoms. The maximum Gasteiger partial charge on any atom is 0.219 e. The summed E-state index contributed by atoms with van der Waals surface area (Å²) in [5.41, 5.74) is 3.49. The van der Waals surface area contributed by atoms with E-state index in [1.807, 2.05) is 22.6 Å². The largest absolute Gasteiger partial charge is 0.343 e. The number of hydrogen-bond donors (Lipinski definition) is 0. The van der Waals surface area contributed by atoms with Crippen LogP contribution in [0.2, 0.25) is 0 Å². The molecule has 1 aliphatic heterocycles. The molecule has 0 bridgehead atoms.